The Morgan fingerprint density at radius 3 is 3.10 bits per heavy atom. The number of benzene rings is 1. The number of furan rings is 1. The number of aryl methyl sites for hydroxylation is 1. The summed E-state index contributed by atoms with van der Waals surface area (Å²) in [5.74, 6) is 0.771. The predicted molar refractivity (Wildman–Crippen MR) is 86.2 cm³/mol. The van der Waals surface area contributed by atoms with E-state index in [-0.39, 0.29) is 5.92 Å². The van der Waals surface area contributed by atoms with Gasteiger partial charge in [0, 0.05) is 21.2 Å². The molecule has 1 aromatic carbocycles. The summed E-state index contributed by atoms with van der Waals surface area (Å²) in [6.45, 7) is 0. The van der Waals surface area contributed by atoms with Crippen LogP contribution in [0.5, 0.6) is 0 Å². The number of rotatable bonds is 2. The molecule has 0 spiro atoms. The Morgan fingerprint density at radius 1 is 1.29 bits per heavy atom. The number of aliphatic hydroxyl groups excluding tert-OH is 1. The van der Waals surface area contributed by atoms with Crippen LogP contribution >= 0.6 is 22.9 Å². The third-order valence-corrected chi connectivity index (χ3v) is 5.50. The highest BCUT2D eigenvalue weighted by atomic mass is 35.5. The highest BCUT2D eigenvalue weighted by molar-refractivity contribution is 7.10. The Bertz CT molecular complexity index is 789. The van der Waals surface area contributed by atoms with E-state index in [0.717, 1.165) is 30.2 Å². The lowest BCUT2D eigenvalue weighted by molar-refractivity contribution is 0.114. The van der Waals surface area contributed by atoms with Gasteiger partial charge in [0.25, 0.3) is 0 Å². The second-order valence-electron chi connectivity index (χ2n) is 5.57. The van der Waals surface area contributed by atoms with Gasteiger partial charge in [-0.3, -0.25) is 0 Å². The molecule has 0 aliphatic heterocycles. The number of aliphatic hydroxyl groups is 1. The standard InChI is InChI=1S/C17H15ClO2S/c18-11-4-5-14-10(8-11)9-15(20-14)17(19)13-2-1-3-16-12(13)6-7-21-16/h4-9,13,17,19H,1-3H2. The molecule has 108 valence electrons. The van der Waals surface area contributed by atoms with Crippen molar-refractivity contribution in [3.05, 3.63) is 56.9 Å². The number of thiophene rings is 1. The Labute approximate surface area is 132 Å². The van der Waals surface area contributed by atoms with E-state index in [4.69, 9.17) is 16.0 Å². The average Bonchev–Trinajstić information content (AvgIpc) is 3.11. The molecule has 0 amide bonds. The van der Waals surface area contributed by atoms with Gasteiger partial charge in [-0.2, -0.15) is 0 Å². The van der Waals surface area contributed by atoms with Crippen LogP contribution in [0.4, 0.5) is 0 Å². The van der Waals surface area contributed by atoms with Crippen LogP contribution < -0.4 is 0 Å². The van der Waals surface area contributed by atoms with Crippen LogP contribution in [0.25, 0.3) is 11.0 Å². The van der Waals surface area contributed by atoms with Crippen LogP contribution in [0.1, 0.15) is 41.1 Å². The van der Waals surface area contributed by atoms with Crippen LogP contribution in [0.2, 0.25) is 5.02 Å². The van der Waals surface area contributed by atoms with Gasteiger partial charge in [-0.1, -0.05) is 11.6 Å². The van der Waals surface area contributed by atoms with Crippen molar-refractivity contribution in [2.75, 3.05) is 0 Å². The van der Waals surface area contributed by atoms with Crippen LogP contribution in [-0.2, 0) is 6.42 Å². The van der Waals surface area contributed by atoms with Crippen LogP contribution in [0.3, 0.4) is 0 Å². The molecule has 4 heteroatoms. The van der Waals surface area contributed by atoms with Crippen molar-refractivity contribution in [3.63, 3.8) is 0 Å². The fourth-order valence-corrected chi connectivity index (χ4v) is 4.41. The van der Waals surface area contributed by atoms with Crippen molar-refractivity contribution < 1.29 is 9.52 Å². The Kier molecular flexibility index (Phi) is 3.29. The van der Waals surface area contributed by atoms with Gasteiger partial charge in [-0.15, -0.1) is 11.3 Å². The second-order valence-corrected chi connectivity index (χ2v) is 7.01. The topological polar surface area (TPSA) is 33.4 Å². The summed E-state index contributed by atoms with van der Waals surface area (Å²) in [6.07, 6.45) is 2.67. The number of hydrogen-bond acceptors (Lipinski definition) is 3. The van der Waals surface area contributed by atoms with Crippen molar-refractivity contribution in [3.8, 4) is 0 Å². The molecular weight excluding hydrogens is 304 g/mol. The maximum atomic E-state index is 10.8. The zero-order valence-electron chi connectivity index (χ0n) is 11.4. The normalized spacial score (nSPS) is 19.6. The van der Waals surface area contributed by atoms with Crippen LogP contribution in [0, 0.1) is 0 Å². The summed E-state index contributed by atoms with van der Waals surface area (Å²) in [6, 6.07) is 9.58. The van der Waals surface area contributed by atoms with Crippen molar-refractivity contribution in [2.45, 2.75) is 31.3 Å². The Balaban J connectivity index is 1.72. The second kappa shape index (κ2) is 5.16. The zero-order valence-corrected chi connectivity index (χ0v) is 13.0. The minimum atomic E-state index is -0.593. The fourth-order valence-electron chi connectivity index (χ4n) is 3.23. The molecule has 2 atom stereocenters. The first-order valence-electron chi connectivity index (χ1n) is 7.16. The van der Waals surface area contributed by atoms with Crippen LogP contribution in [-0.4, -0.2) is 5.11 Å². The van der Waals surface area contributed by atoms with Crippen molar-refractivity contribution in [1.29, 1.82) is 0 Å². The third-order valence-electron chi connectivity index (χ3n) is 4.27. The first-order valence-corrected chi connectivity index (χ1v) is 8.41. The number of halogens is 1. The molecule has 0 saturated heterocycles. The van der Waals surface area contributed by atoms with Crippen LogP contribution in [0.15, 0.2) is 40.1 Å². The van der Waals surface area contributed by atoms with Gasteiger partial charge in [-0.25, -0.2) is 0 Å². The number of fused-ring (bicyclic) bond motifs is 2. The quantitative estimate of drug-likeness (QED) is 0.695. The van der Waals surface area contributed by atoms with Gasteiger partial charge in [0.2, 0.25) is 0 Å². The summed E-state index contributed by atoms with van der Waals surface area (Å²) >= 11 is 7.80. The first-order chi connectivity index (χ1) is 10.2. The molecule has 1 aliphatic rings. The summed E-state index contributed by atoms with van der Waals surface area (Å²) in [5.41, 5.74) is 2.06. The minimum absolute atomic E-state index is 0.135. The summed E-state index contributed by atoms with van der Waals surface area (Å²) < 4.78 is 5.82. The smallest absolute Gasteiger partial charge is 0.134 e. The Hall–Kier alpha value is -1.29. The zero-order chi connectivity index (χ0) is 14.4. The number of hydrogen-bond donors (Lipinski definition) is 1. The van der Waals surface area contributed by atoms with E-state index in [1.54, 1.807) is 17.4 Å². The largest absolute Gasteiger partial charge is 0.458 e. The highest BCUT2D eigenvalue weighted by Gasteiger charge is 2.30. The lowest BCUT2D eigenvalue weighted by atomic mass is 9.83. The lowest BCUT2D eigenvalue weighted by Crippen LogP contribution is -2.15. The SMILES string of the molecule is OC(c1cc2cc(Cl)ccc2o1)C1CCCc2sccc21. The summed E-state index contributed by atoms with van der Waals surface area (Å²) in [5, 5.41) is 14.5. The molecule has 4 rings (SSSR count). The molecule has 2 heterocycles. The summed E-state index contributed by atoms with van der Waals surface area (Å²) in [7, 11) is 0. The first kappa shape index (κ1) is 13.4. The molecule has 0 fully saturated rings. The van der Waals surface area contributed by atoms with E-state index in [1.165, 1.54) is 10.4 Å². The molecule has 2 unspecified atom stereocenters. The molecule has 21 heavy (non-hydrogen) atoms. The van der Waals surface area contributed by atoms with Gasteiger partial charge in [-0.05, 0) is 60.5 Å². The van der Waals surface area contributed by atoms with Crippen molar-refractivity contribution in [2.24, 2.45) is 0 Å². The predicted octanol–water partition coefficient (Wildman–Crippen LogP) is 5.30. The van der Waals surface area contributed by atoms with Gasteiger partial charge < -0.3 is 9.52 Å². The van der Waals surface area contributed by atoms with E-state index in [1.807, 2.05) is 18.2 Å². The molecule has 3 aromatic rings. The van der Waals surface area contributed by atoms with E-state index in [9.17, 15) is 5.11 Å². The van der Waals surface area contributed by atoms with Crippen molar-refractivity contribution >= 4 is 33.9 Å². The molecule has 0 saturated carbocycles. The third kappa shape index (κ3) is 2.30. The maximum absolute atomic E-state index is 10.8. The molecular formula is C17H15ClO2S. The molecule has 1 N–H and O–H groups in total. The van der Waals surface area contributed by atoms with E-state index < -0.39 is 6.10 Å². The van der Waals surface area contributed by atoms with E-state index in [0.29, 0.717) is 10.8 Å². The van der Waals surface area contributed by atoms with Gasteiger partial charge in [0.1, 0.15) is 17.4 Å². The Morgan fingerprint density at radius 2 is 2.19 bits per heavy atom. The van der Waals surface area contributed by atoms with Gasteiger partial charge in [0.15, 0.2) is 0 Å². The summed E-state index contributed by atoms with van der Waals surface area (Å²) in [4.78, 5) is 1.41. The molecule has 0 radical (unpaired) electrons. The highest BCUT2D eigenvalue weighted by Crippen LogP contribution is 2.43. The fraction of sp³-hybridized carbons (Fsp3) is 0.294. The van der Waals surface area contributed by atoms with Crippen molar-refractivity contribution in [1.82, 2.24) is 0 Å². The maximum Gasteiger partial charge on any atom is 0.134 e. The molecule has 2 nitrogen and oxygen atoms in total. The minimum Gasteiger partial charge on any atom is -0.458 e. The average molecular weight is 319 g/mol. The van der Waals surface area contributed by atoms with Gasteiger partial charge in [0.05, 0.1) is 0 Å². The van der Waals surface area contributed by atoms with E-state index >= 15 is 0 Å². The molecule has 2 aromatic heterocycles. The van der Waals surface area contributed by atoms with Gasteiger partial charge >= 0.3 is 0 Å². The molecule has 1 aliphatic carbocycles. The molecule has 0 bridgehead atoms. The van der Waals surface area contributed by atoms with E-state index in [2.05, 4.69) is 11.4 Å². The monoisotopic (exact) mass is 318 g/mol. The lowest BCUT2D eigenvalue weighted by Gasteiger charge is -2.26.